The van der Waals surface area contributed by atoms with Crippen LogP contribution in [0, 0.1) is 18.8 Å². The van der Waals surface area contributed by atoms with Gasteiger partial charge in [0.2, 0.25) is 11.8 Å². The molecule has 4 atom stereocenters. The Labute approximate surface area is 192 Å². The lowest BCUT2D eigenvalue weighted by molar-refractivity contribution is -0.135. The molecule has 4 heterocycles. The summed E-state index contributed by atoms with van der Waals surface area (Å²) in [6.07, 6.45) is 1.67. The van der Waals surface area contributed by atoms with E-state index >= 15 is 0 Å². The number of anilines is 2. The van der Waals surface area contributed by atoms with Crippen LogP contribution in [0.4, 0.5) is 11.4 Å². The first-order chi connectivity index (χ1) is 14.9. The highest BCUT2D eigenvalue weighted by Gasteiger charge is 2.74. The summed E-state index contributed by atoms with van der Waals surface area (Å²) in [5, 5.41) is 3.37. The molecule has 0 saturated carbocycles. The number of halogens is 2. The molecule has 0 radical (unpaired) electrons. The second-order valence-electron chi connectivity index (χ2n) is 8.76. The minimum atomic E-state index is -1.20. The lowest BCUT2D eigenvalue weighted by Crippen LogP contribution is -2.54. The number of hydrogen-bond donors (Lipinski definition) is 1. The number of para-hydroxylation sites is 1. The fourth-order valence-electron chi connectivity index (χ4n) is 6.23. The third-order valence-electron chi connectivity index (χ3n) is 7.32. The predicted octanol–water partition coefficient (Wildman–Crippen LogP) is 3.84. The summed E-state index contributed by atoms with van der Waals surface area (Å²) in [6.45, 7) is 2.62. The molecular weight excluding hydrogens is 482 g/mol. The number of nitrogens with zero attached hydrogens (tertiary/aromatic N) is 2. The van der Waals surface area contributed by atoms with E-state index in [1.807, 2.05) is 25.1 Å². The molecule has 158 valence electrons. The van der Waals surface area contributed by atoms with Crippen LogP contribution in [0.15, 0.2) is 40.9 Å². The molecule has 0 unspecified atom stereocenters. The van der Waals surface area contributed by atoms with Gasteiger partial charge >= 0.3 is 0 Å². The second-order valence-corrected chi connectivity index (χ2v) is 10.0. The SMILES string of the molecule is Cc1ccc(N2C(=O)[C@H]3[C@@H](C2=O)[C@]2(C(=O)Nc4c(Cl)cccc42)N2CCC[C@@H]32)c(Br)c1. The smallest absolute Gasteiger partial charge is 0.250 e. The molecule has 4 aliphatic rings. The normalized spacial score (nSPS) is 31.4. The van der Waals surface area contributed by atoms with Gasteiger partial charge in [-0.05, 0) is 66.0 Å². The van der Waals surface area contributed by atoms with Crippen molar-refractivity contribution in [1.29, 1.82) is 0 Å². The van der Waals surface area contributed by atoms with Crippen molar-refractivity contribution in [3.05, 3.63) is 57.0 Å². The number of aryl methyl sites for hydroxylation is 1. The standard InChI is InChI=1S/C23H19BrClN3O3/c1-11-7-8-15(13(24)10-11)28-20(29)17-16-6-3-9-27(16)23(18(17)21(28)30)12-4-2-5-14(25)19(12)26-22(23)31/h2,4-5,7-8,10,16-18H,3,6,9H2,1H3,(H,26,31)/t16-,17+,18-,23+/m0/s1. The number of nitrogens with one attached hydrogen (secondary N) is 1. The predicted molar refractivity (Wildman–Crippen MR) is 120 cm³/mol. The molecule has 0 aromatic heterocycles. The molecule has 1 N–H and O–H groups in total. The molecule has 6 nitrogen and oxygen atoms in total. The summed E-state index contributed by atoms with van der Waals surface area (Å²) in [6, 6.07) is 10.8. The van der Waals surface area contributed by atoms with Crippen LogP contribution in [-0.2, 0) is 19.9 Å². The molecule has 8 heteroatoms. The number of hydrogen-bond acceptors (Lipinski definition) is 4. The van der Waals surface area contributed by atoms with E-state index in [9.17, 15) is 14.4 Å². The zero-order valence-corrected chi connectivity index (χ0v) is 19.0. The molecule has 3 amide bonds. The van der Waals surface area contributed by atoms with Crippen LogP contribution in [0.1, 0.15) is 24.0 Å². The van der Waals surface area contributed by atoms with Gasteiger partial charge in [-0.15, -0.1) is 0 Å². The van der Waals surface area contributed by atoms with E-state index < -0.39 is 17.4 Å². The number of fused-ring (bicyclic) bond motifs is 7. The molecule has 6 rings (SSSR count). The molecule has 31 heavy (non-hydrogen) atoms. The van der Waals surface area contributed by atoms with E-state index in [2.05, 4.69) is 26.1 Å². The Balaban J connectivity index is 1.57. The maximum absolute atomic E-state index is 13.9. The molecule has 2 aromatic carbocycles. The largest absolute Gasteiger partial charge is 0.323 e. The fraction of sp³-hybridized carbons (Fsp3) is 0.348. The van der Waals surface area contributed by atoms with Crippen molar-refractivity contribution in [3.63, 3.8) is 0 Å². The molecule has 0 bridgehead atoms. The van der Waals surface area contributed by atoms with Gasteiger partial charge in [0.15, 0.2) is 0 Å². The number of benzene rings is 2. The van der Waals surface area contributed by atoms with Gasteiger partial charge < -0.3 is 5.32 Å². The van der Waals surface area contributed by atoms with Crippen LogP contribution in [0.3, 0.4) is 0 Å². The van der Waals surface area contributed by atoms with Crippen molar-refractivity contribution in [2.24, 2.45) is 11.8 Å². The average Bonchev–Trinajstić information content (AvgIpc) is 3.42. The molecule has 2 aromatic rings. The number of carbonyl (C=O) groups excluding carboxylic acids is 3. The summed E-state index contributed by atoms with van der Waals surface area (Å²) < 4.78 is 0.686. The first kappa shape index (κ1) is 19.5. The van der Waals surface area contributed by atoms with Crippen molar-refractivity contribution in [2.75, 3.05) is 16.8 Å². The number of amides is 3. The van der Waals surface area contributed by atoms with Gasteiger partial charge in [-0.2, -0.15) is 0 Å². The summed E-state index contributed by atoms with van der Waals surface area (Å²) in [5.41, 5.74) is 1.60. The second kappa shape index (κ2) is 6.40. The van der Waals surface area contributed by atoms with Crippen LogP contribution in [0.25, 0.3) is 0 Å². The lowest BCUT2D eigenvalue weighted by Gasteiger charge is -2.36. The Morgan fingerprint density at radius 1 is 1.16 bits per heavy atom. The third kappa shape index (κ3) is 2.24. The maximum atomic E-state index is 13.9. The monoisotopic (exact) mass is 499 g/mol. The highest BCUT2D eigenvalue weighted by molar-refractivity contribution is 9.10. The van der Waals surface area contributed by atoms with Gasteiger partial charge in [-0.3, -0.25) is 19.3 Å². The Kier molecular flexibility index (Phi) is 4.02. The summed E-state index contributed by atoms with van der Waals surface area (Å²) in [5.74, 6) is -2.15. The van der Waals surface area contributed by atoms with Crippen LogP contribution in [-0.4, -0.2) is 35.2 Å². The van der Waals surface area contributed by atoms with Gasteiger partial charge in [0.25, 0.3) is 5.91 Å². The van der Waals surface area contributed by atoms with E-state index in [4.69, 9.17) is 11.6 Å². The average molecular weight is 501 g/mol. The van der Waals surface area contributed by atoms with E-state index in [1.54, 1.807) is 18.2 Å². The highest BCUT2D eigenvalue weighted by atomic mass is 79.9. The molecule has 3 fully saturated rings. The minimum absolute atomic E-state index is 0.147. The van der Waals surface area contributed by atoms with Crippen molar-refractivity contribution in [2.45, 2.75) is 31.3 Å². The minimum Gasteiger partial charge on any atom is -0.323 e. The Morgan fingerprint density at radius 2 is 1.97 bits per heavy atom. The van der Waals surface area contributed by atoms with Crippen LogP contribution in [0.5, 0.6) is 0 Å². The first-order valence-electron chi connectivity index (χ1n) is 10.4. The third-order valence-corrected chi connectivity index (χ3v) is 8.27. The number of imide groups is 1. The first-order valence-corrected chi connectivity index (χ1v) is 11.6. The van der Waals surface area contributed by atoms with Crippen LogP contribution >= 0.6 is 27.5 Å². The zero-order valence-electron chi connectivity index (χ0n) is 16.7. The van der Waals surface area contributed by atoms with E-state index in [-0.39, 0.29) is 23.8 Å². The molecular formula is C23H19BrClN3O3. The van der Waals surface area contributed by atoms with Crippen molar-refractivity contribution >= 4 is 56.6 Å². The summed E-state index contributed by atoms with van der Waals surface area (Å²) in [4.78, 5) is 44.6. The van der Waals surface area contributed by atoms with Gasteiger partial charge in [0, 0.05) is 16.1 Å². The van der Waals surface area contributed by atoms with Crippen LogP contribution < -0.4 is 10.2 Å². The zero-order chi connectivity index (χ0) is 21.7. The molecule has 0 aliphatic carbocycles. The van der Waals surface area contributed by atoms with E-state index in [0.717, 1.165) is 18.4 Å². The Bertz CT molecular complexity index is 1200. The molecule has 4 aliphatic heterocycles. The fourth-order valence-corrected chi connectivity index (χ4v) is 7.12. The number of carbonyl (C=O) groups is 3. The van der Waals surface area contributed by atoms with Gasteiger partial charge in [0.05, 0.1) is 28.2 Å². The van der Waals surface area contributed by atoms with E-state index in [1.165, 1.54) is 4.90 Å². The summed E-state index contributed by atoms with van der Waals surface area (Å²) >= 11 is 9.92. The topological polar surface area (TPSA) is 69.7 Å². The van der Waals surface area contributed by atoms with E-state index in [0.29, 0.717) is 33.0 Å². The highest BCUT2D eigenvalue weighted by Crippen LogP contribution is 2.61. The summed E-state index contributed by atoms with van der Waals surface area (Å²) in [7, 11) is 0. The lowest BCUT2D eigenvalue weighted by atomic mass is 9.75. The number of rotatable bonds is 1. The van der Waals surface area contributed by atoms with Gasteiger partial charge in [-0.25, -0.2) is 4.90 Å². The van der Waals surface area contributed by atoms with Crippen molar-refractivity contribution in [3.8, 4) is 0 Å². The molecule has 1 spiro atoms. The maximum Gasteiger partial charge on any atom is 0.250 e. The Morgan fingerprint density at radius 3 is 2.74 bits per heavy atom. The quantitative estimate of drug-likeness (QED) is 0.604. The van der Waals surface area contributed by atoms with Crippen molar-refractivity contribution < 1.29 is 14.4 Å². The van der Waals surface area contributed by atoms with Crippen LogP contribution in [0.2, 0.25) is 5.02 Å². The Hall–Kier alpha value is -2.22. The van der Waals surface area contributed by atoms with Crippen molar-refractivity contribution in [1.82, 2.24) is 4.90 Å². The van der Waals surface area contributed by atoms with Gasteiger partial charge in [0.1, 0.15) is 5.54 Å². The van der Waals surface area contributed by atoms with Gasteiger partial charge in [-0.1, -0.05) is 29.8 Å². The molecule has 3 saturated heterocycles.